The Morgan fingerprint density at radius 2 is 1.18 bits per heavy atom. The van der Waals surface area contributed by atoms with Crippen LogP contribution in [0.5, 0.6) is 0 Å². The Balaban J connectivity index is 1.06. The molecular formula is C47H31N3S. The first-order chi connectivity index (χ1) is 25.2. The van der Waals surface area contributed by atoms with Gasteiger partial charge >= 0.3 is 0 Å². The number of hydrogen-bond acceptors (Lipinski definition) is 4. The van der Waals surface area contributed by atoms with Crippen LogP contribution in [-0.2, 0) is 0 Å². The summed E-state index contributed by atoms with van der Waals surface area (Å²) in [5.41, 5.74) is 6.91. The quantitative estimate of drug-likeness (QED) is 0.183. The molecule has 240 valence electrons. The molecule has 0 aliphatic heterocycles. The van der Waals surface area contributed by atoms with Crippen LogP contribution in [0.15, 0.2) is 170 Å². The molecule has 0 spiro atoms. The molecule has 1 aliphatic carbocycles. The number of benzene rings is 7. The minimum atomic E-state index is 0.0291. The number of hydrogen-bond donors (Lipinski definition) is 0. The van der Waals surface area contributed by atoms with Crippen molar-refractivity contribution >= 4 is 58.6 Å². The van der Waals surface area contributed by atoms with Gasteiger partial charge in [-0.3, -0.25) is 0 Å². The van der Waals surface area contributed by atoms with E-state index in [2.05, 4.69) is 170 Å². The van der Waals surface area contributed by atoms with Gasteiger partial charge in [-0.25, -0.2) is 15.0 Å². The molecule has 0 saturated carbocycles. The average Bonchev–Trinajstić information content (AvgIpc) is 3.59. The molecule has 2 aromatic heterocycles. The molecular weight excluding hydrogens is 639 g/mol. The number of aromatic nitrogens is 3. The van der Waals surface area contributed by atoms with Crippen LogP contribution in [0.1, 0.15) is 23.7 Å². The molecule has 1 unspecified atom stereocenters. The van der Waals surface area contributed by atoms with Gasteiger partial charge in [0.25, 0.3) is 0 Å². The second kappa shape index (κ2) is 12.3. The lowest BCUT2D eigenvalue weighted by Crippen LogP contribution is -2.08. The van der Waals surface area contributed by atoms with Crippen LogP contribution in [0.25, 0.3) is 81.2 Å². The van der Waals surface area contributed by atoms with Gasteiger partial charge in [-0.05, 0) is 68.4 Å². The summed E-state index contributed by atoms with van der Waals surface area (Å²) in [4.78, 5) is 15.5. The normalized spacial score (nSPS) is 14.4. The Kier molecular flexibility index (Phi) is 7.14. The summed E-state index contributed by atoms with van der Waals surface area (Å²) in [5, 5.41) is 7.36. The lowest BCUT2D eigenvalue weighted by Gasteiger charge is -2.17. The number of allylic oxidation sites excluding steroid dienone is 4. The predicted octanol–water partition coefficient (Wildman–Crippen LogP) is 12.7. The number of nitrogens with zero attached hydrogens (tertiary/aromatic N) is 3. The van der Waals surface area contributed by atoms with Crippen LogP contribution in [0.3, 0.4) is 0 Å². The summed E-state index contributed by atoms with van der Waals surface area (Å²) in [6, 6.07) is 53.9. The maximum atomic E-state index is 5.18. The molecule has 0 saturated heterocycles. The first kappa shape index (κ1) is 29.7. The van der Waals surface area contributed by atoms with E-state index in [-0.39, 0.29) is 5.92 Å². The zero-order valence-corrected chi connectivity index (χ0v) is 28.5. The third kappa shape index (κ3) is 5.32. The largest absolute Gasteiger partial charge is 0.212 e. The van der Waals surface area contributed by atoms with E-state index in [1.807, 2.05) is 11.3 Å². The molecule has 2 heterocycles. The summed E-state index contributed by atoms with van der Waals surface area (Å²) in [6.45, 7) is 0. The molecule has 9 aromatic rings. The average molecular weight is 670 g/mol. The lowest BCUT2D eigenvalue weighted by molar-refractivity contribution is 0.766. The predicted molar refractivity (Wildman–Crippen MR) is 215 cm³/mol. The molecule has 4 heteroatoms. The van der Waals surface area contributed by atoms with Gasteiger partial charge in [-0.15, -0.1) is 11.3 Å². The molecule has 0 N–H and O–H groups in total. The van der Waals surface area contributed by atoms with Crippen molar-refractivity contribution in [3.63, 3.8) is 0 Å². The highest BCUT2D eigenvalue weighted by Gasteiger charge is 2.21. The minimum absolute atomic E-state index is 0.0291. The van der Waals surface area contributed by atoms with E-state index in [9.17, 15) is 0 Å². The summed E-state index contributed by atoms with van der Waals surface area (Å²) >= 11 is 1.87. The number of fused-ring (bicyclic) bond motifs is 5. The summed E-state index contributed by atoms with van der Waals surface area (Å²) in [6.07, 6.45) is 7.70. The fraction of sp³-hybridized carbons (Fsp3) is 0.0426. The highest BCUT2D eigenvalue weighted by Crippen LogP contribution is 2.40. The van der Waals surface area contributed by atoms with Crippen LogP contribution in [0.2, 0.25) is 0 Å². The molecule has 0 radical (unpaired) electrons. The van der Waals surface area contributed by atoms with Crippen molar-refractivity contribution in [3.8, 4) is 33.9 Å². The number of rotatable bonds is 5. The van der Waals surface area contributed by atoms with Crippen LogP contribution in [-0.4, -0.2) is 15.0 Å². The Morgan fingerprint density at radius 3 is 2.02 bits per heavy atom. The Hall–Kier alpha value is -6.23. The van der Waals surface area contributed by atoms with Gasteiger partial charge in [-0.1, -0.05) is 152 Å². The van der Waals surface area contributed by atoms with E-state index >= 15 is 0 Å². The van der Waals surface area contributed by atoms with E-state index < -0.39 is 0 Å². The van der Waals surface area contributed by atoms with Crippen molar-refractivity contribution in [2.24, 2.45) is 0 Å². The van der Waals surface area contributed by atoms with E-state index in [4.69, 9.17) is 15.0 Å². The Morgan fingerprint density at radius 1 is 0.490 bits per heavy atom. The fourth-order valence-electron chi connectivity index (χ4n) is 7.42. The zero-order chi connectivity index (χ0) is 33.7. The van der Waals surface area contributed by atoms with E-state index in [1.165, 1.54) is 58.6 Å². The highest BCUT2D eigenvalue weighted by molar-refractivity contribution is 7.26. The standard InChI is InChI=1S/C47H31N3S/c1-2-11-31(12-3-1)38-16-8-14-35-29-37(26-27-39(35)38)47-49-45(48-46(50-47)36-25-20-30-10-4-5-13-34(30)28-36)33-23-21-32(22-24-33)40-17-9-18-42-41-15-6-7-19-43(41)51-44(40)42/h1-23,25-29,33H,24H2. The minimum Gasteiger partial charge on any atom is -0.212 e. The molecule has 1 atom stereocenters. The van der Waals surface area contributed by atoms with Crippen molar-refractivity contribution < 1.29 is 0 Å². The van der Waals surface area contributed by atoms with Crippen LogP contribution < -0.4 is 0 Å². The zero-order valence-electron chi connectivity index (χ0n) is 27.7. The van der Waals surface area contributed by atoms with Gasteiger partial charge in [0.2, 0.25) is 0 Å². The molecule has 1 aliphatic rings. The highest BCUT2D eigenvalue weighted by atomic mass is 32.1. The first-order valence-electron chi connectivity index (χ1n) is 17.4. The smallest absolute Gasteiger partial charge is 0.163 e. The molecule has 0 bridgehead atoms. The molecule has 0 amide bonds. The van der Waals surface area contributed by atoms with E-state index in [0.717, 1.165) is 28.8 Å². The van der Waals surface area contributed by atoms with Crippen LogP contribution >= 0.6 is 11.3 Å². The van der Waals surface area contributed by atoms with Gasteiger partial charge in [0.05, 0.1) is 0 Å². The monoisotopic (exact) mass is 669 g/mol. The van der Waals surface area contributed by atoms with Crippen LogP contribution in [0.4, 0.5) is 0 Å². The molecule has 7 aromatic carbocycles. The van der Waals surface area contributed by atoms with Gasteiger partial charge in [0.1, 0.15) is 5.82 Å². The molecule has 10 rings (SSSR count). The summed E-state index contributed by atoms with van der Waals surface area (Å²) in [7, 11) is 0. The first-order valence-corrected chi connectivity index (χ1v) is 18.2. The Labute approximate surface area is 299 Å². The second-order valence-corrected chi connectivity index (χ2v) is 14.2. The van der Waals surface area contributed by atoms with Gasteiger partial charge in [0, 0.05) is 37.2 Å². The van der Waals surface area contributed by atoms with Crippen LogP contribution in [0, 0.1) is 0 Å². The van der Waals surface area contributed by atoms with Crippen molar-refractivity contribution in [1.29, 1.82) is 0 Å². The molecule has 0 fully saturated rings. The third-order valence-corrected chi connectivity index (χ3v) is 11.3. The van der Waals surface area contributed by atoms with Gasteiger partial charge in [0.15, 0.2) is 11.6 Å². The third-order valence-electron chi connectivity index (χ3n) is 10.0. The molecule has 3 nitrogen and oxygen atoms in total. The maximum Gasteiger partial charge on any atom is 0.163 e. The van der Waals surface area contributed by atoms with Gasteiger partial charge in [-0.2, -0.15) is 0 Å². The van der Waals surface area contributed by atoms with Crippen molar-refractivity contribution in [3.05, 3.63) is 181 Å². The van der Waals surface area contributed by atoms with E-state index in [0.29, 0.717) is 11.6 Å². The summed E-state index contributed by atoms with van der Waals surface area (Å²) < 4.78 is 2.66. The number of thiophene rings is 1. The van der Waals surface area contributed by atoms with E-state index in [1.54, 1.807) is 0 Å². The van der Waals surface area contributed by atoms with Crippen molar-refractivity contribution in [1.82, 2.24) is 15.0 Å². The van der Waals surface area contributed by atoms with Crippen molar-refractivity contribution in [2.75, 3.05) is 0 Å². The molecule has 51 heavy (non-hydrogen) atoms. The van der Waals surface area contributed by atoms with Gasteiger partial charge < -0.3 is 0 Å². The second-order valence-electron chi connectivity index (χ2n) is 13.2. The van der Waals surface area contributed by atoms with Crippen molar-refractivity contribution in [2.45, 2.75) is 12.3 Å². The Bertz CT molecular complexity index is 2850. The summed E-state index contributed by atoms with van der Waals surface area (Å²) in [5.74, 6) is 2.19. The SMILES string of the molecule is C1=CC(c2nc(-c3ccc4ccccc4c3)nc(-c3ccc4c(-c5ccccc5)cccc4c3)n2)CC=C1c1cccc2c1sc1ccccc12. The topological polar surface area (TPSA) is 38.7 Å². The maximum absolute atomic E-state index is 5.18. The fourth-order valence-corrected chi connectivity index (χ4v) is 8.66. The lowest BCUT2D eigenvalue weighted by atomic mass is 9.91.